The fourth-order valence-electron chi connectivity index (χ4n) is 1.52. The van der Waals surface area contributed by atoms with Crippen molar-refractivity contribution in [2.45, 2.75) is 32.7 Å². The van der Waals surface area contributed by atoms with Gasteiger partial charge in [-0.25, -0.2) is 8.42 Å². The van der Waals surface area contributed by atoms with Crippen LogP contribution in [0.4, 0.5) is 0 Å². The van der Waals surface area contributed by atoms with Crippen molar-refractivity contribution < 1.29 is 8.42 Å². The predicted molar refractivity (Wildman–Crippen MR) is 78.1 cm³/mol. The highest BCUT2D eigenvalue weighted by Crippen LogP contribution is 2.05. The van der Waals surface area contributed by atoms with Crippen LogP contribution in [0.5, 0.6) is 0 Å². The molecule has 1 N–H and O–H groups in total. The monoisotopic (exact) mass is 274 g/mol. The third kappa shape index (κ3) is 7.63. The molecule has 0 aromatic rings. The molecule has 0 spiro atoms. The summed E-state index contributed by atoms with van der Waals surface area (Å²) in [5.41, 5.74) is 0. The molecule has 0 radical (unpaired) electrons. The summed E-state index contributed by atoms with van der Waals surface area (Å²) in [5, 5.41) is 3.27. The fraction of sp³-hybridized carbons (Fsp3) is 0.692. The van der Waals surface area contributed by atoms with Gasteiger partial charge in [0.25, 0.3) is 0 Å². The highest BCUT2D eigenvalue weighted by Gasteiger charge is 2.18. The van der Waals surface area contributed by atoms with E-state index < -0.39 is 10.0 Å². The molecule has 0 saturated carbocycles. The zero-order chi connectivity index (χ0) is 14.0. The van der Waals surface area contributed by atoms with E-state index in [1.165, 1.54) is 4.31 Å². The van der Waals surface area contributed by atoms with Crippen LogP contribution in [-0.4, -0.2) is 44.2 Å². The Bertz CT molecular complexity index is 327. The first kappa shape index (κ1) is 17.4. The Balaban J connectivity index is 4.10. The average Bonchev–Trinajstić information content (AvgIpc) is 2.27. The van der Waals surface area contributed by atoms with Gasteiger partial charge in [-0.2, -0.15) is 4.31 Å². The van der Waals surface area contributed by atoms with E-state index in [9.17, 15) is 8.42 Å². The highest BCUT2D eigenvalue weighted by atomic mass is 32.2. The number of rotatable bonds is 11. The zero-order valence-electron chi connectivity index (χ0n) is 11.6. The van der Waals surface area contributed by atoms with Crippen molar-refractivity contribution >= 4 is 10.0 Å². The van der Waals surface area contributed by atoms with Crippen molar-refractivity contribution in [1.29, 1.82) is 0 Å². The Morgan fingerprint density at radius 2 is 1.72 bits per heavy atom. The first-order valence-electron chi connectivity index (χ1n) is 6.37. The lowest BCUT2D eigenvalue weighted by atomic mass is 10.3. The summed E-state index contributed by atoms with van der Waals surface area (Å²) in [5.74, 6) is 0.189. The molecule has 0 unspecified atom stereocenters. The van der Waals surface area contributed by atoms with Crippen molar-refractivity contribution in [1.82, 2.24) is 9.62 Å². The Hall–Kier alpha value is -0.650. The predicted octanol–water partition coefficient (Wildman–Crippen LogP) is 1.77. The van der Waals surface area contributed by atoms with Crippen LogP contribution in [0.25, 0.3) is 0 Å². The molecule has 0 saturated heterocycles. The molecule has 0 aliphatic heterocycles. The van der Waals surface area contributed by atoms with Crippen LogP contribution < -0.4 is 5.32 Å². The fourth-order valence-corrected chi connectivity index (χ4v) is 3.01. The van der Waals surface area contributed by atoms with E-state index in [0.717, 1.165) is 13.0 Å². The Labute approximate surface area is 112 Å². The van der Waals surface area contributed by atoms with Crippen LogP contribution in [0.3, 0.4) is 0 Å². The summed E-state index contributed by atoms with van der Waals surface area (Å²) in [6.45, 7) is 12.9. The number of sulfonamides is 1. The van der Waals surface area contributed by atoms with Crippen molar-refractivity contribution in [2.24, 2.45) is 0 Å². The van der Waals surface area contributed by atoms with Crippen molar-refractivity contribution in [3.63, 3.8) is 0 Å². The second kappa shape index (κ2) is 9.30. The van der Waals surface area contributed by atoms with Crippen molar-refractivity contribution in [3.8, 4) is 0 Å². The van der Waals surface area contributed by atoms with E-state index in [1.807, 2.05) is 0 Å². The van der Waals surface area contributed by atoms with Gasteiger partial charge < -0.3 is 5.32 Å². The molecule has 0 aromatic carbocycles. The molecule has 0 aliphatic carbocycles. The van der Waals surface area contributed by atoms with Crippen LogP contribution in [-0.2, 0) is 10.0 Å². The molecular weight excluding hydrogens is 248 g/mol. The number of hydrogen-bond acceptors (Lipinski definition) is 3. The van der Waals surface area contributed by atoms with Crippen LogP contribution >= 0.6 is 0 Å². The molecule has 0 rings (SSSR count). The van der Waals surface area contributed by atoms with Gasteiger partial charge in [0.2, 0.25) is 10.0 Å². The van der Waals surface area contributed by atoms with Gasteiger partial charge in [-0.1, -0.05) is 26.0 Å². The van der Waals surface area contributed by atoms with Crippen LogP contribution in [0.15, 0.2) is 25.3 Å². The number of hydrogen-bond donors (Lipinski definition) is 1. The average molecular weight is 274 g/mol. The first-order valence-corrected chi connectivity index (χ1v) is 7.98. The molecule has 4 nitrogen and oxygen atoms in total. The summed E-state index contributed by atoms with van der Waals surface area (Å²) in [6.07, 6.45) is 4.74. The minimum Gasteiger partial charge on any atom is -0.315 e. The second-order valence-corrected chi connectivity index (χ2v) is 6.61. The van der Waals surface area contributed by atoms with Gasteiger partial charge in [0.05, 0.1) is 5.75 Å². The van der Waals surface area contributed by atoms with E-state index in [1.54, 1.807) is 12.2 Å². The Morgan fingerprint density at radius 1 is 1.17 bits per heavy atom. The van der Waals surface area contributed by atoms with Gasteiger partial charge in [0, 0.05) is 19.1 Å². The summed E-state index contributed by atoms with van der Waals surface area (Å²) in [7, 11) is -3.18. The Kier molecular flexibility index (Phi) is 8.97. The molecule has 0 amide bonds. The van der Waals surface area contributed by atoms with E-state index in [4.69, 9.17) is 0 Å². The smallest absolute Gasteiger partial charge is 0.214 e. The van der Waals surface area contributed by atoms with Gasteiger partial charge >= 0.3 is 0 Å². The molecule has 0 aromatic heterocycles. The van der Waals surface area contributed by atoms with Crippen molar-refractivity contribution in [3.05, 3.63) is 25.3 Å². The van der Waals surface area contributed by atoms with E-state index in [2.05, 4.69) is 32.3 Å². The summed E-state index contributed by atoms with van der Waals surface area (Å²) in [6, 6.07) is 0.444. The molecule has 0 fully saturated rings. The minimum atomic E-state index is -3.18. The molecule has 0 atom stereocenters. The van der Waals surface area contributed by atoms with Gasteiger partial charge in [0.15, 0.2) is 0 Å². The second-order valence-electron chi connectivity index (χ2n) is 4.53. The first-order chi connectivity index (χ1) is 8.44. The lowest BCUT2D eigenvalue weighted by molar-refractivity contribution is 0.470. The molecule has 0 aliphatic rings. The summed E-state index contributed by atoms with van der Waals surface area (Å²) < 4.78 is 25.4. The number of unbranched alkanes of at least 4 members (excludes halogenated alkanes) is 1. The van der Waals surface area contributed by atoms with Crippen LogP contribution in [0, 0.1) is 0 Å². The maximum absolute atomic E-state index is 12.0. The maximum Gasteiger partial charge on any atom is 0.214 e. The topological polar surface area (TPSA) is 49.4 Å². The zero-order valence-corrected chi connectivity index (χ0v) is 12.4. The van der Waals surface area contributed by atoms with Gasteiger partial charge in [0.1, 0.15) is 0 Å². The van der Waals surface area contributed by atoms with Crippen LogP contribution in [0.2, 0.25) is 0 Å². The summed E-state index contributed by atoms with van der Waals surface area (Å²) >= 11 is 0. The standard InChI is InChI=1S/C13H26N2O2S/c1-5-10-15(11-6-2)18(16,17)12-8-7-9-14-13(3)4/h5-6,13-14H,1-2,7-12H2,3-4H3. The van der Waals surface area contributed by atoms with Crippen molar-refractivity contribution in [2.75, 3.05) is 25.4 Å². The molecule has 18 heavy (non-hydrogen) atoms. The molecule has 0 heterocycles. The lowest BCUT2D eigenvalue weighted by Gasteiger charge is -2.18. The normalized spacial score (nSPS) is 12.0. The van der Waals surface area contributed by atoms with E-state index in [-0.39, 0.29) is 5.75 Å². The quantitative estimate of drug-likeness (QED) is 0.461. The van der Waals surface area contributed by atoms with E-state index in [0.29, 0.717) is 25.6 Å². The number of nitrogens with zero attached hydrogens (tertiary/aromatic N) is 1. The minimum absolute atomic E-state index is 0.189. The lowest BCUT2D eigenvalue weighted by Crippen LogP contribution is -2.33. The van der Waals surface area contributed by atoms with Gasteiger partial charge in [-0.05, 0) is 19.4 Å². The SMILES string of the molecule is C=CCN(CC=C)S(=O)(=O)CCCCNC(C)C. The molecule has 0 bridgehead atoms. The third-order valence-corrected chi connectivity index (χ3v) is 4.33. The maximum atomic E-state index is 12.0. The van der Waals surface area contributed by atoms with E-state index >= 15 is 0 Å². The van der Waals surface area contributed by atoms with Gasteiger partial charge in [-0.3, -0.25) is 0 Å². The van der Waals surface area contributed by atoms with Gasteiger partial charge in [-0.15, -0.1) is 13.2 Å². The third-order valence-electron chi connectivity index (χ3n) is 2.44. The molecule has 5 heteroatoms. The van der Waals surface area contributed by atoms with Crippen LogP contribution in [0.1, 0.15) is 26.7 Å². The highest BCUT2D eigenvalue weighted by molar-refractivity contribution is 7.89. The molecular formula is C13H26N2O2S. The summed E-state index contributed by atoms with van der Waals surface area (Å²) in [4.78, 5) is 0. The molecule has 106 valence electrons. The largest absolute Gasteiger partial charge is 0.315 e. The number of nitrogens with one attached hydrogen (secondary N) is 1. The Morgan fingerprint density at radius 3 is 2.17 bits per heavy atom.